The summed E-state index contributed by atoms with van der Waals surface area (Å²) in [5.41, 5.74) is 6.88. The van der Waals surface area contributed by atoms with Gasteiger partial charge in [-0.25, -0.2) is 4.98 Å². The molecule has 1 atom stereocenters. The van der Waals surface area contributed by atoms with E-state index in [1.54, 1.807) is 30.3 Å². The average molecular weight is 285 g/mol. The standard InChI is InChI=1S/C15H15N3O3/c16-11-6-7-12(17-9-11)15(21)18-13(8-14(19)20)10-4-2-1-3-5-10/h1-7,9,13H,8,16H2,(H,18,21)(H,19,20). The van der Waals surface area contributed by atoms with Crippen molar-refractivity contribution >= 4 is 17.6 Å². The number of carboxylic acids is 1. The topological polar surface area (TPSA) is 105 Å². The highest BCUT2D eigenvalue weighted by Gasteiger charge is 2.19. The number of amides is 1. The molecule has 4 N–H and O–H groups in total. The van der Waals surface area contributed by atoms with Gasteiger partial charge in [0.2, 0.25) is 0 Å². The summed E-state index contributed by atoms with van der Waals surface area (Å²) in [6.45, 7) is 0. The van der Waals surface area contributed by atoms with Gasteiger partial charge in [-0.3, -0.25) is 9.59 Å². The number of aromatic nitrogens is 1. The Balaban J connectivity index is 2.17. The fourth-order valence-electron chi connectivity index (χ4n) is 1.88. The van der Waals surface area contributed by atoms with Crippen LogP contribution < -0.4 is 11.1 Å². The Bertz CT molecular complexity index is 626. The molecule has 108 valence electrons. The van der Waals surface area contributed by atoms with Gasteiger partial charge in [0.15, 0.2) is 0 Å². The van der Waals surface area contributed by atoms with Crippen LogP contribution in [0.5, 0.6) is 0 Å². The van der Waals surface area contributed by atoms with Gasteiger partial charge in [-0.05, 0) is 17.7 Å². The number of benzene rings is 1. The summed E-state index contributed by atoms with van der Waals surface area (Å²) in [5, 5.41) is 11.7. The van der Waals surface area contributed by atoms with Crippen LogP contribution >= 0.6 is 0 Å². The number of aliphatic carboxylic acids is 1. The number of carboxylic acid groups (broad SMARTS) is 1. The summed E-state index contributed by atoms with van der Waals surface area (Å²) in [7, 11) is 0. The Morgan fingerprint density at radius 2 is 1.90 bits per heavy atom. The smallest absolute Gasteiger partial charge is 0.305 e. The quantitative estimate of drug-likeness (QED) is 0.774. The zero-order valence-corrected chi connectivity index (χ0v) is 11.2. The number of pyridine rings is 1. The molecule has 0 radical (unpaired) electrons. The highest BCUT2D eigenvalue weighted by molar-refractivity contribution is 5.93. The van der Waals surface area contributed by atoms with Gasteiger partial charge >= 0.3 is 5.97 Å². The minimum Gasteiger partial charge on any atom is -0.481 e. The van der Waals surface area contributed by atoms with Gasteiger partial charge in [0, 0.05) is 0 Å². The lowest BCUT2D eigenvalue weighted by molar-refractivity contribution is -0.137. The number of carbonyl (C=O) groups is 2. The summed E-state index contributed by atoms with van der Waals surface area (Å²) < 4.78 is 0. The second-order valence-corrected chi connectivity index (χ2v) is 4.51. The van der Waals surface area contributed by atoms with Gasteiger partial charge in [-0.1, -0.05) is 30.3 Å². The predicted molar refractivity (Wildman–Crippen MR) is 77.6 cm³/mol. The van der Waals surface area contributed by atoms with Gasteiger partial charge < -0.3 is 16.2 Å². The summed E-state index contributed by atoms with van der Waals surface area (Å²) in [5.74, 6) is -1.43. The second-order valence-electron chi connectivity index (χ2n) is 4.51. The van der Waals surface area contributed by atoms with Gasteiger partial charge in [0.05, 0.1) is 24.3 Å². The molecule has 0 fully saturated rings. The van der Waals surface area contributed by atoms with Crippen molar-refractivity contribution in [2.75, 3.05) is 5.73 Å². The molecule has 0 saturated carbocycles. The Hall–Kier alpha value is -2.89. The zero-order chi connectivity index (χ0) is 15.2. The first-order chi connectivity index (χ1) is 10.1. The summed E-state index contributed by atoms with van der Waals surface area (Å²) in [4.78, 5) is 27.0. The van der Waals surface area contributed by atoms with Crippen LogP contribution in [-0.4, -0.2) is 22.0 Å². The summed E-state index contributed by atoms with van der Waals surface area (Å²) >= 11 is 0. The summed E-state index contributed by atoms with van der Waals surface area (Å²) in [6, 6.07) is 11.4. The number of nitrogens with zero attached hydrogens (tertiary/aromatic N) is 1. The molecule has 0 aliphatic rings. The Kier molecular flexibility index (Phi) is 4.50. The van der Waals surface area contributed by atoms with Crippen LogP contribution in [0.25, 0.3) is 0 Å². The van der Waals surface area contributed by atoms with Crippen molar-refractivity contribution in [2.24, 2.45) is 0 Å². The molecule has 1 unspecified atom stereocenters. The number of rotatable bonds is 5. The lowest BCUT2D eigenvalue weighted by Crippen LogP contribution is -2.30. The molecule has 0 bridgehead atoms. The number of hydrogen-bond acceptors (Lipinski definition) is 4. The van der Waals surface area contributed by atoms with E-state index in [-0.39, 0.29) is 12.1 Å². The van der Waals surface area contributed by atoms with E-state index >= 15 is 0 Å². The van der Waals surface area contributed by atoms with E-state index in [1.807, 2.05) is 6.07 Å². The molecule has 6 nitrogen and oxygen atoms in total. The molecule has 1 heterocycles. The van der Waals surface area contributed by atoms with Crippen LogP contribution in [0, 0.1) is 0 Å². The number of nitrogen functional groups attached to an aromatic ring is 1. The van der Waals surface area contributed by atoms with E-state index in [1.165, 1.54) is 12.3 Å². The van der Waals surface area contributed by atoms with Gasteiger partial charge in [0.1, 0.15) is 5.69 Å². The van der Waals surface area contributed by atoms with E-state index in [9.17, 15) is 9.59 Å². The molecule has 6 heteroatoms. The minimum absolute atomic E-state index is 0.190. The van der Waals surface area contributed by atoms with Crippen LogP contribution in [0.3, 0.4) is 0 Å². The van der Waals surface area contributed by atoms with Crippen molar-refractivity contribution in [2.45, 2.75) is 12.5 Å². The number of carbonyl (C=O) groups excluding carboxylic acids is 1. The Labute approximate surface area is 121 Å². The van der Waals surface area contributed by atoms with E-state index in [0.29, 0.717) is 5.69 Å². The van der Waals surface area contributed by atoms with E-state index in [0.717, 1.165) is 5.56 Å². The molecule has 1 amide bonds. The van der Waals surface area contributed by atoms with Crippen molar-refractivity contribution in [3.8, 4) is 0 Å². The van der Waals surface area contributed by atoms with E-state index in [2.05, 4.69) is 10.3 Å². The molecule has 21 heavy (non-hydrogen) atoms. The van der Waals surface area contributed by atoms with Crippen molar-refractivity contribution in [1.82, 2.24) is 10.3 Å². The predicted octanol–water partition coefficient (Wildman–Crippen LogP) is 1.61. The maximum absolute atomic E-state index is 12.1. The zero-order valence-electron chi connectivity index (χ0n) is 11.2. The lowest BCUT2D eigenvalue weighted by atomic mass is 10.0. The Morgan fingerprint density at radius 1 is 1.19 bits per heavy atom. The Morgan fingerprint density at radius 3 is 2.48 bits per heavy atom. The van der Waals surface area contributed by atoms with Crippen molar-refractivity contribution in [3.05, 3.63) is 59.9 Å². The van der Waals surface area contributed by atoms with Crippen LogP contribution in [0.4, 0.5) is 5.69 Å². The van der Waals surface area contributed by atoms with Crippen molar-refractivity contribution in [3.63, 3.8) is 0 Å². The second kappa shape index (κ2) is 6.51. The highest BCUT2D eigenvalue weighted by Crippen LogP contribution is 2.17. The maximum atomic E-state index is 12.1. The van der Waals surface area contributed by atoms with Gasteiger partial charge in [-0.2, -0.15) is 0 Å². The first-order valence-corrected chi connectivity index (χ1v) is 6.35. The molecular weight excluding hydrogens is 270 g/mol. The lowest BCUT2D eigenvalue weighted by Gasteiger charge is -2.17. The number of anilines is 1. The number of nitrogens with two attached hydrogens (primary N) is 1. The maximum Gasteiger partial charge on any atom is 0.305 e. The minimum atomic E-state index is -0.991. The SMILES string of the molecule is Nc1ccc(C(=O)NC(CC(=O)O)c2ccccc2)nc1. The molecule has 1 aromatic carbocycles. The van der Waals surface area contributed by atoms with E-state index in [4.69, 9.17) is 10.8 Å². The molecule has 0 spiro atoms. The number of hydrogen-bond donors (Lipinski definition) is 3. The van der Waals surface area contributed by atoms with Crippen LogP contribution in [0.2, 0.25) is 0 Å². The summed E-state index contributed by atoms with van der Waals surface area (Å²) in [6.07, 6.45) is 1.17. The fraction of sp³-hybridized carbons (Fsp3) is 0.133. The monoisotopic (exact) mass is 285 g/mol. The van der Waals surface area contributed by atoms with E-state index < -0.39 is 17.9 Å². The highest BCUT2D eigenvalue weighted by atomic mass is 16.4. The first-order valence-electron chi connectivity index (χ1n) is 6.35. The van der Waals surface area contributed by atoms with Gasteiger partial charge in [-0.15, -0.1) is 0 Å². The normalized spacial score (nSPS) is 11.6. The average Bonchev–Trinajstić information content (AvgIpc) is 2.47. The third-order valence-electron chi connectivity index (χ3n) is 2.91. The molecule has 0 saturated heterocycles. The molecule has 2 aromatic rings. The molecule has 0 aliphatic heterocycles. The molecule has 2 rings (SSSR count). The largest absolute Gasteiger partial charge is 0.481 e. The first kappa shape index (κ1) is 14.5. The fourth-order valence-corrected chi connectivity index (χ4v) is 1.88. The van der Waals surface area contributed by atoms with Gasteiger partial charge in [0.25, 0.3) is 5.91 Å². The molecular formula is C15H15N3O3. The van der Waals surface area contributed by atoms with Crippen LogP contribution in [0.1, 0.15) is 28.5 Å². The van der Waals surface area contributed by atoms with Crippen LogP contribution in [0.15, 0.2) is 48.7 Å². The molecule has 1 aromatic heterocycles. The number of nitrogens with one attached hydrogen (secondary N) is 1. The molecule has 0 aliphatic carbocycles. The van der Waals surface area contributed by atoms with Crippen LogP contribution in [-0.2, 0) is 4.79 Å². The third kappa shape index (κ3) is 4.04. The third-order valence-corrected chi connectivity index (χ3v) is 2.91. The van der Waals surface area contributed by atoms with Crippen molar-refractivity contribution < 1.29 is 14.7 Å². The van der Waals surface area contributed by atoms with Crippen molar-refractivity contribution in [1.29, 1.82) is 0 Å².